The van der Waals surface area contributed by atoms with Crippen LogP contribution in [0.5, 0.6) is 0 Å². The number of thioether (sulfide) groups is 1. The Hall–Kier alpha value is -2.02. The highest BCUT2D eigenvalue weighted by molar-refractivity contribution is 8.13. The molecule has 3 N–H and O–H groups in total. The number of amides is 3. The number of carbonyl (C=O) groups is 5. The average Bonchev–Trinajstić information content (AvgIpc) is 3.02. The van der Waals surface area contributed by atoms with Gasteiger partial charge in [-0.2, -0.15) is 0 Å². The van der Waals surface area contributed by atoms with E-state index in [1.807, 2.05) is 6.92 Å². The van der Waals surface area contributed by atoms with Crippen LogP contribution >= 0.6 is 11.8 Å². The lowest BCUT2D eigenvalue weighted by molar-refractivity contribution is -0.140. The molecule has 2 atom stereocenters. The molecule has 0 aliphatic rings. The maximum absolute atomic E-state index is 13.5. The van der Waals surface area contributed by atoms with E-state index >= 15 is 0 Å². The molecular formula is C33H62N4O7S. The maximum atomic E-state index is 13.5. The number of methoxy groups -OCH3 is 1. The number of unbranched alkanes of at least 4 members (excludes halogenated alkanes) is 10. The quantitative estimate of drug-likeness (QED) is 0.0744. The number of ether oxygens (including phenoxy) is 2. The molecule has 2 unspecified atom stereocenters. The number of nitrogens with one attached hydrogen (secondary N) is 3. The molecule has 0 aromatic carbocycles. The van der Waals surface area contributed by atoms with Gasteiger partial charge in [0.25, 0.3) is 0 Å². The summed E-state index contributed by atoms with van der Waals surface area (Å²) in [6, 6.07) is -1.34. The minimum atomic E-state index is -0.696. The summed E-state index contributed by atoms with van der Waals surface area (Å²) in [5, 5.41) is 8.41. The van der Waals surface area contributed by atoms with Gasteiger partial charge in [0.1, 0.15) is 18.9 Å². The summed E-state index contributed by atoms with van der Waals surface area (Å²) in [6.07, 6.45) is 15.1. The zero-order valence-electron chi connectivity index (χ0n) is 28.5. The number of likely N-dealkylation sites (N-methyl/N-ethyl adjacent to an activating group) is 1. The van der Waals surface area contributed by atoms with Crippen LogP contribution < -0.4 is 16.0 Å². The molecule has 0 rings (SSSR count). The van der Waals surface area contributed by atoms with Gasteiger partial charge in [-0.05, 0) is 32.7 Å². The molecule has 0 saturated carbocycles. The van der Waals surface area contributed by atoms with Crippen molar-refractivity contribution in [3.05, 3.63) is 0 Å². The molecule has 0 radical (unpaired) electrons. The Balaban J connectivity index is 4.73. The van der Waals surface area contributed by atoms with Crippen molar-refractivity contribution in [2.24, 2.45) is 0 Å². The molecule has 45 heavy (non-hydrogen) atoms. The Morgan fingerprint density at radius 1 is 0.800 bits per heavy atom. The Kier molecular flexibility index (Phi) is 29.2. The van der Waals surface area contributed by atoms with Crippen molar-refractivity contribution in [2.75, 3.05) is 59.4 Å². The van der Waals surface area contributed by atoms with E-state index in [9.17, 15) is 24.0 Å². The highest BCUT2D eigenvalue weighted by atomic mass is 32.2. The maximum Gasteiger partial charge on any atom is 0.245 e. The summed E-state index contributed by atoms with van der Waals surface area (Å²) in [6.45, 7) is 5.36. The molecule has 262 valence electrons. The zero-order valence-corrected chi connectivity index (χ0v) is 29.3. The smallest absolute Gasteiger partial charge is 0.245 e. The van der Waals surface area contributed by atoms with Gasteiger partial charge in [-0.1, -0.05) is 96.2 Å². The first-order valence-corrected chi connectivity index (χ1v) is 18.0. The van der Waals surface area contributed by atoms with Crippen LogP contribution in [0.25, 0.3) is 0 Å². The van der Waals surface area contributed by atoms with Gasteiger partial charge in [0.15, 0.2) is 0 Å². The van der Waals surface area contributed by atoms with E-state index in [-0.39, 0.29) is 36.6 Å². The standard InChI is InChI=1S/C33H62N4O7S/c1-5-7-8-9-10-11-12-13-16-19-29(36-30(39)24-34-3)33(42)37(20-6-2)25-31(40)35-28(26-38)18-15-14-17-23-45-32(41)27-44-22-21-43-4/h26,28-29,34H,5-25,27H2,1-4H3,(H,35,40)(H,36,39). The third kappa shape index (κ3) is 24.8. The molecule has 0 aliphatic heterocycles. The first-order valence-electron chi connectivity index (χ1n) is 17.0. The molecule has 0 aliphatic carbocycles. The van der Waals surface area contributed by atoms with E-state index in [1.54, 1.807) is 14.2 Å². The molecule has 0 aromatic rings. The van der Waals surface area contributed by atoms with Gasteiger partial charge in [0.05, 0.1) is 32.3 Å². The SMILES string of the molecule is CCCCCCCCCCCC(NC(=O)CNC)C(=O)N(CCC)CC(=O)NC(C=O)CCCCCSC(=O)COCCOC. The van der Waals surface area contributed by atoms with Gasteiger partial charge in [-0.25, -0.2) is 0 Å². The van der Waals surface area contributed by atoms with E-state index in [2.05, 4.69) is 22.9 Å². The van der Waals surface area contributed by atoms with Crippen LogP contribution in [0.1, 0.15) is 110 Å². The monoisotopic (exact) mass is 658 g/mol. The normalized spacial score (nSPS) is 12.4. The van der Waals surface area contributed by atoms with Gasteiger partial charge in [0, 0.05) is 19.4 Å². The van der Waals surface area contributed by atoms with Gasteiger partial charge >= 0.3 is 0 Å². The van der Waals surface area contributed by atoms with Crippen LogP contribution in [0.3, 0.4) is 0 Å². The van der Waals surface area contributed by atoms with Gasteiger partial charge < -0.3 is 35.1 Å². The highest BCUT2D eigenvalue weighted by Gasteiger charge is 2.27. The fourth-order valence-electron chi connectivity index (χ4n) is 4.85. The van der Waals surface area contributed by atoms with Crippen molar-refractivity contribution in [3.8, 4) is 0 Å². The molecule has 0 spiro atoms. The molecule has 11 nitrogen and oxygen atoms in total. The Morgan fingerprint density at radius 3 is 2.07 bits per heavy atom. The number of nitrogens with zero attached hydrogens (tertiary/aromatic N) is 1. The van der Waals surface area contributed by atoms with Crippen molar-refractivity contribution in [1.29, 1.82) is 0 Å². The van der Waals surface area contributed by atoms with Crippen molar-refractivity contribution >= 4 is 40.9 Å². The third-order valence-electron chi connectivity index (χ3n) is 7.29. The van der Waals surface area contributed by atoms with Crippen LogP contribution in [0.15, 0.2) is 0 Å². The second kappa shape index (κ2) is 30.6. The van der Waals surface area contributed by atoms with E-state index in [4.69, 9.17) is 9.47 Å². The molecule has 0 heterocycles. The summed E-state index contributed by atoms with van der Waals surface area (Å²) in [4.78, 5) is 63.8. The van der Waals surface area contributed by atoms with Crippen LogP contribution in [0.2, 0.25) is 0 Å². The third-order valence-corrected chi connectivity index (χ3v) is 8.22. The summed E-state index contributed by atoms with van der Waals surface area (Å²) >= 11 is 1.23. The number of carbonyl (C=O) groups excluding carboxylic acids is 5. The van der Waals surface area contributed by atoms with Gasteiger partial charge in [0.2, 0.25) is 22.8 Å². The molecule has 0 aromatic heterocycles. The molecular weight excluding hydrogens is 596 g/mol. The van der Waals surface area contributed by atoms with Crippen molar-refractivity contribution < 1.29 is 33.4 Å². The average molecular weight is 659 g/mol. The van der Waals surface area contributed by atoms with E-state index in [0.717, 1.165) is 44.8 Å². The van der Waals surface area contributed by atoms with Crippen LogP contribution in [-0.4, -0.2) is 105 Å². The highest BCUT2D eigenvalue weighted by Crippen LogP contribution is 2.13. The molecule has 12 heteroatoms. The zero-order chi connectivity index (χ0) is 33.5. The van der Waals surface area contributed by atoms with Crippen molar-refractivity contribution in [2.45, 2.75) is 122 Å². The molecule has 3 amide bonds. The predicted molar refractivity (Wildman–Crippen MR) is 181 cm³/mol. The summed E-state index contributed by atoms with van der Waals surface area (Å²) in [7, 11) is 3.25. The van der Waals surface area contributed by atoms with Crippen LogP contribution in [0, 0.1) is 0 Å². The van der Waals surface area contributed by atoms with Crippen molar-refractivity contribution in [1.82, 2.24) is 20.9 Å². The summed E-state index contributed by atoms with van der Waals surface area (Å²) in [5.41, 5.74) is 0. The Labute approximate surface area is 276 Å². The second-order valence-corrected chi connectivity index (χ2v) is 12.6. The fourth-order valence-corrected chi connectivity index (χ4v) is 5.59. The lowest BCUT2D eigenvalue weighted by atomic mass is 10.0. The van der Waals surface area contributed by atoms with Crippen LogP contribution in [-0.2, 0) is 33.4 Å². The van der Waals surface area contributed by atoms with E-state index in [1.165, 1.54) is 55.2 Å². The lowest BCUT2D eigenvalue weighted by Crippen LogP contribution is -2.53. The van der Waals surface area contributed by atoms with Gasteiger partial charge in [-0.3, -0.25) is 19.2 Å². The number of aldehydes is 1. The molecule has 0 fully saturated rings. The minimum absolute atomic E-state index is 0.0210. The Bertz CT molecular complexity index is 803. The first-order chi connectivity index (χ1) is 21.8. The van der Waals surface area contributed by atoms with E-state index < -0.39 is 18.0 Å². The van der Waals surface area contributed by atoms with Crippen LogP contribution in [0.4, 0.5) is 0 Å². The Morgan fingerprint density at radius 2 is 1.44 bits per heavy atom. The number of hydrogen-bond donors (Lipinski definition) is 3. The van der Waals surface area contributed by atoms with Crippen molar-refractivity contribution in [3.63, 3.8) is 0 Å². The predicted octanol–water partition coefficient (Wildman–Crippen LogP) is 4.02. The second-order valence-electron chi connectivity index (χ2n) is 11.5. The number of hydrogen-bond acceptors (Lipinski definition) is 9. The first kappa shape index (κ1) is 43.0. The van der Waals surface area contributed by atoms with E-state index in [0.29, 0.717) is 44.8 Å². The molecule has 0 saturated heterocycles. The number of rotatable bonds is 31. The molecule has 0 bridgehead atoms. The summed E-state index contributed by atoms with van der Waals surface area (Å²) in [5.74, 6) is -0.252. The topological polar surface area (TPSA) is 143 Å². The lowest BCUT2D eigenvalue weighted by Gasteiger charge is -2.28. The fraction of sp³-hybridized carbons (Fsp3) is 0.848. The van der Waals surface area contributed by atoms with Gasteiger partial charge in [-0.15, -0.1) is 0 Å². The largest absolute Gasteiger partial charge is 0.382 e. The minimum Gasteiger partial charge on any atom is -0.382 e. The summed E-state index contributed by atoms with van der Waals surface area (Å²) < 4.78 is 10.1.